The van der Waals surface area contributed by atoms with Crippen LogP contribution in [0.4, 0.5) is 13.2 Å². The number of tetrazole rings is 1. The van der Waals surface area contributed by atoms with Crippen LogP contribution in [-0.4, -0.2) is 43.3 Å². The molecule has 5 aromatic carbocycles. The highest BCUT2D eigenvalue weighted by Crippen LogP contribution is 2.40. The van der Waals surface area contributed by atoms with Crippen molar-refractivity contribution in [1.82, 2.24) is 30.0 Å². The van der Waals surface area contributed by atoms with E-state index in [0.717, 1.165) is 62.0 Å². The third-order valence-corrected chi connectivity index (χ3v) is 9.73. The molecule has 0 saturated carbocycles. The van der Waals surface area contributed by atoms with E-state index in [-0.39, 0.29) is 6.61 Å². The third-order valence-electron chi connectivity index (χ3n) is 9.73. The molecule has 2 heterocycles. The van der Waals surface area contributed by atoms with Crippen molar-refractivity contribution < 1.29 is 17.9 Å². The SMILES string of the molecule is CCCCc1c(Cc2ccc(-c3ccccc3-c3nnn(C(c4ccccc4)(c4ccccc4)c4ccccc4)n3)cc2)c(COC)nn1CC(F)(F)F. The molecule has 7 rings (SSSR count). The molecule has 54 heavy (non-hydrogen) atoms. The molecule has 0 unspecified atom stereocenters. The predicted molar refractivity (Wildman–Crippen MR) is 204 cm³/mol. The molecular weight excluding hydrogens is 686 g/mol. The zero-order valence-electron chi connectivity index (χ0n) is 30.2. The van der Waals surface area contributed by atoms with Gasteiger partial charge in [-0.15, -0.1) is 15.0 Å². The van der Waals surface area contributed by atoms with E-state index in [2.05, 4.69) is 46.6 Å². The molecule has 0 aliphatic rings. The Kier molecular flexibility index (Phi) is 10.8. The molecule has 10 heteroatoms. The van der Waals surface area contributed by atoms with Gasteiger partial charge in [0.05, 0.1) is 12.3 Å². The van der Waals surface area contributed by atoms with Gasteiger partial charge < -0.3 is 4.74 Å². The molecule has 0 amide bonds. The van der Waals surface area contributed by atoms with E-state index in [0.29, 0.717) is 30.1 Å². The highest BCUT2D eigenvalue weighted by Gasteiger charge is 2.41. The van der Waals surface area contributed by atoms with Crippen molar-refractivity contribution in [2.45, 2.75) is 57.5 Å². The smallest absolute Gasteiger partial charge is 0.378 e. The molecule has 0 aliphatic carbocycles. The van der Waals surface area contributed by atoms with Gasteiger partial charge in [0, 0.05) is 30.4 Å². The Balaban J connectivity index is 1.26. The van der Waals surface area contributed by atoms with Gasteiger partial charge in [0.1, 0.15) is 6.54 Å². The van der Waals surface area contributed by atoms with E-state index in [1.54, 1.807) is 4.80 Å². The number of rotatable bonds is 14. The van der Waals surface area contributed by atoms with Gasteiger partial charge in [0.25, 0.3) is 0 Å². The minimum Gasteiger partial charge on any atom is -0.378 e. The summed E-state index contributed by atoms with van der Waals surface area (Å²) in [5, 5.41) is 18.9. The van der Waals surface area contributed by atoms with Crippen LogP contribution in [0, 0.1) is 0 Å². The zero-order valence-corrected chi connectivity index (χ0v) is 30.2. The lowest BCUT2D eigenvalue weighted by atomic mass is 9.77. The number of methoxy groups -OCH3 is 1. The summed E-state index contributed by atoms with van der Waals surface area (Å²) in [6.07, 6.45) is -1.80. The fourth-order valence-corrected chi connectivity index (χ4v) is 7.26. The lowest BCUT2D eigenvalue weighted by Crippen LogP contribution is -2.39. The molecule has 7 nitrogen and oxygen atoms in total. The van der Waals surface area contributed by atoms with Gasteiger partial charge in [0.15, 0.2) is 5.54 Å². The van der Waals surface area contributed by atoms with Crippen molar-refractivity contribution in [2.75, 3.05) is 7.11 Å². The number of halogens is 3. The Morgan fingerprint density at radius 3 is 1.76 bits per heavy atom. The number of hydrogen-bond donors (Lipinski definition) is 0. The molecule has 7 aromatic rings. The number of nitrogens with zero attached hydrogens (tertiary/aromatic N) is 6. The van der Waals surface area contributed by atoms with Crippen LogP contribution in [0.15, 0.2) is 140 Å². The van der Waals surface area contributed by atoms with Gasteiger partial charge in [-0.05, 0) is 51.4 Å². The summed E-state index contributed by atoms with van der Waals surface area (Å²) in [4.78, 5) is 1.72. The molecule has 0 bridgehead atoms. The van der Waals surface area contributed by atoms with Gasteiger partial charge >= 0.3 is 6.18 Å². The number of aromatic nitrogens is 6. The standard InChI is InChI=1S/C44H41F3N6O/c1-3-4-24-41-39(40(30-54-2)49-52(41)31-43(45,46)47)29-32-25-27-33(28-26-32)37-22-14-15-23-38(37)42-48-51-53(50-42)44(34-16-8-5-9-17-34,35-18-10-6-11-19-35)36-20-12-7-13-21-36/h5-23,25-28H,3-4,24,29-31H2,1-2H3. The van der Waals surface area contributed by atoms with Crippen LogP contribution in [0.3, 0.4) is 0 Å². The second kappa shape index (κ2) is 16.0. The van der Waals surface area contributed by atoms with Crippen molar-refractivity contribution in [3.8, 4) is 22.5 Å². The maximum atomic E-state index is 13.5. The summed E-state index contributed by atoms with van der Waals surface area (Å²) in [7, 11) is 1.53. The maximum absolute atomic E-state index is 13.5. The largest absolute Gasteiger partial charge is 0.408 e. The number of benzene rings is 5. The van der Waals surface area contributed by atoms with E-state index in [1.807, 2.05) is 110 Å². The molecule has 0 saturated heterocycles. The first-order valence-electron chi connectivity index (χ1n) is 18.1. The molecule has 0 N–H and O–H groups in total. The average Bonchev–Trinajstić information content (AvgIpc) is 3.80. The molecule has 274 valence electrons. The van der Waals surface area contributed by atoms with Gasteiger partial charge in [-0.2, -0.15) is 18.3 Å². The Morgan fingerprint density at radius 1 is 0.667 bits per heavy atom. The lowest BCUT2D eigenvalue weighted by molar-refractivity contribution is -0.143. The number of hydrogen-bond acceptors (Lipinski definition) is 5. The van der Waals surface area contributed by atoms with E-state index < -0.39 is 18.3 Å². The van der Waals surface area contributed by atoms with Crippen LogP contribution in [-0.2, 0) is 36.3 Å². The Bertz CT molecular complexity index is 2170. The minimum absolute atomic E-state index is 0.137. The van der Waals surface area contributed by atoms with Crippen LogP contribution in [0.25, 0.3) is 22.5 Å². The first-order chi connectivity index (χ1) is 26.3. The Labute approximate surface area is 313 Å². The summed E-state index contributed by atoms with van der Waals surface area (Å²) in [6, 6.07) is 46.7. The Hall–Kier alpha value is -5.87. The van der Waals surface area contributed by atoms with E-state index in [1.165, 1.54) is 7.11 Å². The van der Waals surface area contributed by atoms with E-state index >= 15 is 0 Å². The molecule has 0 atom stereocenters. The maximum Gasteiger partial charge on any atom is 0.408 e. The highest BCUT2D eigenvalue weighted by molar-refractivity contribution is 5.80. The second-order valence-corrected chi connectivity index (χ2v) is 13.3. The fraction of sp³-hybridized carbons (Fsp3) is 0.227. The van der Waals surface area contributed by atoms with Crippen molar-refractivity contribution in [1.29, 1.82) is 0 Å². The van der Waals surface area contributed by atoms with Crippen LogP contribution in [0.2, 0.25) is 0 Å². The van der Waals surface area contributed by atoms with Crippen LogP contribution >= 0.6 is 0 Å². The van der Waals surface area contributed by atoms with Crippen LogP contribution in [0.1, 0.15) is 59.0 Å². The summed E-state index contributed by atoms with van der Waals surface area (Å²) in [5.74, 6) is 0.476. The number of ether oxygens (including phenoxy) is 1. The number of alkyl halides is 3. The van der Waals surface area contributed by atoms with Crippen molar-refractivity contribution >= 4 is 0 Å². The van der Waals surface area contributed by atoms with Crippen molar-refractivity contribution in [3.05, 3.63) is 179 Å². The highest BCUT2D eigenvalue weighted by atomic mass is 19.4. The summed E-state index contributed by atoms with van der Waals surface area (Å²) in [5.41, 5.74) is 7.66. The molecular formula is C44H41F3N6O. The lowest BCUT2D eigenvalue weighted by Gasteiger charge is -2.34. The van der Waals surface area contributed by atoms with Gasteiger partial charge in [-0.1, -0.05) is 153 Å². The average molecular weight is 727 g/mol. The van der Waals surface area contributed by atoms with Gasteiger partial charge in [-0.3, -0.25) is 4.68 Å². The third kappa shape index (κ3) is 7.47. The summed E-state index contributed by atoms with van der Waals surface area (Å²) >= 11 is 0. The van der Waals surface area contributed by atoms with E-state index in [9.17, 15) is 13.2 Å². The van der Waals surface area contributed by atoms with E-state index in [4.69, 9.17) is 15.0 Å². The number of unbranched alkanes of at least 4 members (excludes halogenated alkanes) is 1. The molecule has 2 aromatic heterocycles. The predicted octanol–water partition coefficient (Wildman–Crippen LogP) is 9.69. The summed E-state index contributed by atoms with van der Waals surface area (Å²) < 4.78 is 47.1. The molecule has 0 spiro atoms. The first-order valence-corrected chi connectivity index (χ1v) is 18.1. The Morgan fingerprint density at radius 2 is 1.22 bits per heavy atom. The summed E-state index contributed by atoms with van der Waals surface area (Å²) in [6.45, 7) is 1.04. The first kappa shape index (κ1) is 36.5. The van der Waals surface area contributed by atoms with Crippen molar-refractivity contribution in [3.63, 3.8) is 0 Å². The quantitative estimate of drug-likeness (QED) is 0.104. The van der Waals surface area contributed by atoms with Gasteiger partial charge in [0.2, 0.25) is 5.82 Å². The zero-order chi connectivity index (χ0) is 37.5. The van der Waals surface area contributed by atoms with Gasteiger partial charge in [-0.25, -0.2) is 0 Å². The second-order valence-electron chi connectivity index (χ2n) is 13.3. The molecule has 0 radical (unpaired) electrons. The van der Waals surface area contributed by atoms with Crippen LogP contribution in [0.5, 0.6) is 0 Å². The van der Waals surface area contributed by atoms with Crippen molar-refractivity contribution in [2.24, 2.45) is 0 Å². The topological polar surface area (TPSA) is 70.7 Å². The molecule has 0 aliphatic heterocycles. The fourth-order valence-electron chi connectivity index (χ4n) is 7.26. The normalized spacial score (nSPS) is 11.9. The monoisotopic (exact) mass is 726 g/mol. The molecule has 0 fully saturated rings. The minimum atomic E-state index is -4.38. The van der Waals surface area contributed by atoms with Crippen LogP contribution < -0.4 is 0 Å².